The lowest BCUT2D eigenvalue weighted by Crippen LogP contribution is -2.53. The summed E-state index contributed by atoms with van der Waals surface area (Å²) >= 11 is 3.01. The molecule has 0 aliphatic rings. The zero-order valence-electron chi connectivity index (χ0n) is 31.6. The van der Waals surface area contributed by atoms with Crippen molar-refractivity contribution in [3.05, 3.63) is 129 Å². The number of urea groups is 1. The molecule has 0 aliphatic carbocycles. The third kappa shape index (κ3) is 15.2. The molecular weight excluding hydrogens is 719 g/mol. The highest BCUT2D eigenvalue weighted by Gasteiger charge is 2.26. The average Bonchev–Trinajstić information content (AvgIpc) is 3.87. The molecule has 0 radical (unpaired) electrons. The maximum Gasteiger partial charge on any atom is 0.407 e. The number of rotatable bonds is 21. The minimum Gasteiger partial charge on any atom is -0.444 e. The second kappa shape index (κ2) is 22.9. The van der Waals surface area contributed by atoms with Crippen molar-refractivity contribution in [2.75, 3.05) is 13.6 Å². The van der Waals surface area contributed by atoms with Gasteiger partial charge >= 0.3 is 12.1 Å². The van der Waals surface area contributed by atoms with E-state index in [2.05, 4.69) is 45.1 Å². The van der Waals surface area contributed by atoms with Crippen LogP contribution in [0.3, 0.4) is 0 Å². The van der Waals surface area contributed by atoms with Crippen molar-refractivity contribution in [3.8, 4) is 0 Å². The van der Waals surface area contributed by atoms with Crippen LogP contribution in [-0.2, 0) is 35.5 Å². The first-order valence-electron chi connectivity index (χ1n) is 18.4. The summed E-state index contributed by atoms with van der Waals surface area (Å²) in [7, 11) is 1.71. The lowest BCUT2D eigenvalue weighted by atomic mass is 9.95. The van der Waals surface area contributed by atoms with Crippen LogP contribution in [0.25, 0.3) is 0 Å². The maximum atomic E-state index is 14.1. The standard InChI is InChI=1S/C41H53N7O4S2/c1-5-6-13-21-42-22-20-37(47-40(50)48(4)26-35-28-53-39(45-35)30(2)3)38(49)44-33(23-31-14-9-7-10-15-31)18-19-34(24-32-16-11-8-12-17-32)46-41(51)52-27-36-25-43-29-54-36/h5-17,21,25,28-30,33-34,37,42H,18-20,22-24,26-27H2,1-4H3,(H,44,49)(H,46,51)(H,47,50)/b6-5-,21-13-/t33-,34-,37+/m1/s1. The smallest absolute Gasteiger partial charge is 0.407 e. The van der Waals surface area contributed by atoms with Crippen LogP contribution in [0.1, 0.15) is 72.7 Å². The second-order valence-electron chi connectivity index (χ2n) is 13.4. The molecule has 4 N–H and O–H groups in total. The largest absolute Gasteiger partial charge is 0.444 e. The molecule has 3 atom stereocenters. The van der Waals surface area contributed by atoms with E-state index in [0.29, 0.717) is 51.1 Å². The van der Waals surface area contributed by atoms with Crippen LogP contribution in [0.15, 0.2) is 102 Å². The predicted molar refractivity (Wildman–Crippen MR) is 217 cm³/mol. The SMILES string of the molecule is C/C=C\C=C/NCC[C@H](NC(=O)N(C)Cc1csc(C(C)C)n1)C(=O)N[C@H](CC[C@H](Cc1ccccc1)NC(=O)OCc1cncs1)Cc1ccccc1. The first kappa shape index (κ1) is 41.7. The van der Waals surface area contributed by atoms with Gasteiger partial charge in [0, 0.05) is 43.2 Å². The van der Waals surface area contributed by atoms with E-state index in [1.807, 2.05) is 97.4 Å². The Bertz CT molecular complexity index is 1750. The fourth-order valence-corrected chi connectivity index (χ4v) is 6.99. The number of carbonyl (C=O) groups is 3. The summed E-state index contributed by atoms with van der Waals surface area (Å²) in [6.45, 7) is 7.06. The topological polar surface area (TPSA) is 138 Å². The number of alkyl carbamates (subject to hydrolysis) is 1. The van der Waals surface area contributed by atoms with E-state index in [4.69, 9.17) is 4.74 Å². The Morgan fingerprint density at radius 3 is 2.13 bits per heavy atom. The summed E-state index contributed by atoms with van der Waals surface area (Å²) in [5, 5.41) is 15.5. The lowest BCUT2D eigenvalue weighted by Gasteiger charge is -2.27. The van der Waals surface area contributed by atoms with Crippen LogP contribution in [0.2, 0.25) is 0 Å². The van der Waals surface area contributed by atoms with Crippen LogP contribution in [-0.4, -0.2) is 64.6 Å². The van der Waals surface area contributed by atoms with Crippen molar-refractivity contribution in [2.45, 2.75) is 90.1 Å². The van der Waals surface area contributed by atoms with E-state index in [1.165, 1.54) is 11.3 Å². The van der Waals surface area contributed by atoms with Crippen LogP contribution in [0, 0.1) is 0 Å². The predicted octanol–water partition coefficient (Wildman–Crippen LogP) is 7.35. The monoisotopic (exact) mass is 771 g/mol. The van der Waals surface area contributed by atoms with Crippen LogP contribution >= 0.6 is 22.7 Å². The van der Waals surface area contributed by atoms with Gasteiger partial charge in [-0.2, -0.15) is 0 Å². The molecule has 54 heavy (non-hydrogen) atoms. The first-order valence-corrected chi connectivity index (χ1v) is 20.1. The molecule has 13 heteroatoms. The van der Waals surface area contributed by atoms with Gasteiger partial charge in [0.25, 0.3) is 0 Å². The highest BCUT2D eigenvalue weighted by Crippen LogP contribution is 2.20. The molecule has 0 bridgehead atoms. The molecule has 0 fully saturated rings. The molecule has 0 aliphatic heterocycles. The first-order chi connectivity index (χ1) is 26.2. The van der Waals surface area contributed by atoms with Gasteiger partial charge in [-0.25, -0.2) is 14.6 Å². The average molecular weight is 772 g/mol. The van der Waals surface area contributed by atoms with Crippen molar-refractivity contribution in [1.82, 2.24) is 36.1 Å². The van der Waals surface area contributed by atoms with Crippen molar-refractivity contribution in [3.63, 3.8) is 0 Å². The molecular formula is C41H53N7O4S2. The molecule has 11 nitrogen and oxygen atoms in total. The van der Waals surface area contributed by atoms with Gasteiger partial charge in [0.1, 0.15) is 12.6 Å². The Kier molecular flexibility index (Phi) is 17.7. The summed E-state index contributed by atoms with van der Waals surface area (Å²) in [5.74, 6) is 0.0331. The maximum absolute atomic E-state index is 14.1. The molecule has 2 aromatic carbocycles. The normalized spacial score (nSPS) is 13.1. The molecule has 4 amide bonds. The zero-order valence-corrected chi connectivity index (χ0v) is 33.2. The summed E-state index contributed by atoms with van der Waals surface area (Å²) in [5.41, 5.74) is 4.66. The number of allylic oxidation sites excluding steroid dienone is 3. The fourth-order valence-electron chi connectivity index (χ4n) is 5.66. The number of nitrogens with one attached hydrogen (secondary N) is 4. The summed E-state index contributed by atoms with van der Waals surface area (Å²) < 4.78 is 5.52. The fraction of sp³-hybridized carbons (Fsp3) is 0.390. The molecule has 2 heterocycles. The van der Waals surface area contributed by atoms with E-state index in [1.54, 1.807) is 35.0 Å². The number of hydrogen-bond donors (Lipinski definition) is 4. The van der Waals surface area contributed by atoms with E-state index in [0.717, 1.165) is 26.7 Å². The summed E-state index contributed by atoms with van der Waals surface area (Å²) in [6.07, 6.45) is 11.4. The van der Waals surface area contributed by atoms with Crippen molar-refractivity contribution in [2.24, 2.45) is 0 Å². The Morgan fingerprint density at radius 2 is 1.54 bits per heavy atom. The molecule has 0 spiro atoms. The highest BCUT2D eigenvalue weighted by atomic mass is 32.1. The molecule has 288 valence electrons. The van der Waals surface area contributed by atoms with Gasteiger partial charge in [-0.15, -0.1) is 22.7 Å². The highest BCUT2D eigenvalue weighted by molar-refractivity contribution is 7.09. The number of thiazole rings is 2. The van der Waals surface area contributed by atoms with E-state index in [9.17, 15) is 14.4 Å². The number of benzene rings is 2. The Hall–Kier alpha value is -5.01. The van der Waals surface area contributed by atoms with Gasteiger partial charge in [-0.05, 0) is 62.4 Å². The third-order valence-electron chi connectivity index (χ3n) is 8.53. The Balaban J connectivity index is 1.47. The van der Waals surface area contributed by atoms with E-state index >= 15 is 0 Å². The van der Waals surface area contributed by atoms with Gasteiger partial charge in [-0.3, -0.25) is 9.78 Å². The summed E-state index contributed by atoms with van der Waals surface area (Å²) in [6, 6.07) is 18.3. The molecule has 0 saturated heterocycles. The van der Waals surface area contributed by atoms with E-state index < -0.39 is 12.1 Å². The summed E-state index contributed by atoms with van der Waals surface area (Å²) in [4.78, 5) is 51.7. The Labute approximate surface area is 327 Å². The van der Waals surface area contributed by atoms with Gasteiger partial charge in [0.15, 0.2) is 0 Å². The number of hydrogen-bond acceptors (Lipinski definition) is 9. The van der Waals surface area contributed by atoms with Gasteiger partial charge in [0.2, 0.25) is 5.91 Å². The second-order valence-corrected chi connectivity index (χ2v) is 15.2. The number of amides is 4. The van der Waals surface area contributed by atoms with Crippen LogP contribution < -0.4 is 21.3 Å². The quantitative estimate of drug-likeness (QED) is 0.0514. The van der Waals surface area contributed by atoms with Gasteiger partial charge in [0.05, 0.1) is 27.6 Å². The Morgan fingerprint density at radius 1 is 0.870 bits per heavy atom. The van der Waals surface area contributed by atoms with Gasteiger partial charge < -0.3 is 30.9 Å². The van der Waals surface area contributed by atoms with Crippen molar-refractivity contribution in [1.29, 1.82) is 0 Å². The number of nitrogens with zero attached hydrogens (tertiary/aromatic N) is 3. The van der Waals surface area contributed by atoms with E-state index in [-0.39, 0.29) is 30.6 Å². The molecule has 0 unspecified atom stereocenters. The van der Waals surface area contributed by atoms with Crippen LogP contribution in [0.5, 0.6) is 0 Å². The molecule has 0 saturated carbocycles. The minimum atomic E-state index is -0.803. The number of aromatic nitrogens is 2. The lowest BCUT2D eigenvalue weighted by molar-refractivity contribution is -0.123. The molecule has 4 rings (SSSR count). The molecule has 2 aromatic heterocycles. The number of carbonyl (C=O) groups excluding carboxylic acids is 3. The van der Waals surface area contributed by atoms with Gasteiger partial charge in [-0.1, -0.05) is 86.7 Å². The van der Waals surface area contributed by atoms with Crippen molar-refractivity contribution < 1.29 is 19.1 Å². The number of ether oxygens (including phenoxy) is 1. The van der Waals surface area contributed by atoms with Crippen LogP contribution in [0.4, 0.5) is 9.59 Å². The minimum absolute atomic E-state index is 0.145. The third-order valence-corrected chi connectivity index (χ3v) is 10.5. The van der Waals surface area contributed by atoms with Crippen molar-refractivity contribution >= 4 is 40.7 Å². The zero-order chi connectivity index (χ0) is 38.5. The molecule has 4 aromatic rings.